The van der Waals surface area contributed by atoms with E-state index in [0.717, 1.165) is 6.26 Å². The van der Waals surface area contributed by atoms with Crippen molar-refractivity contribution < 1.29 is 19.1 Å². The molecule has 1 saturated heterocycles. The standard InChI is InChI=1S/C8H9N3O4/c12-6-3-11(2-1-9-6)8-10-5(4-15-8)7(13)14/h4H,1-3H2,(H,9,12)(H,13,14). The fourth-order valence-electron chi connectivity index (χ4n) is 1.31. The zero-order valence-corrected chi connectivity index (χ0v) is 7.77. The Hall–Kier alpha value is -2.05. The molecule has 0 spiro atoms. The molecule has 7 heteroatoms. The van der Waals surface area contributed by atoms with Crippen LogP contribution in [0.2, 0.25) is 0 Å². The molecule has 1 aromatic rings. The number of anilines is 1. The lowest BCUT2D eigenvalue weighted by Gasteiger charge is -2.24. The van der Waals surface area contributed by atoms with Crippen molar-refractivity contribution in [2.75, 3.05) is 24.5 Å². The average molecular weight is 211 g/mol. The van der Waals surface area contributed by atoms with Gasteiger partial charge in [-0.25, -0.2) is 4.79 Å². The van der Waals surface area contributed by atoms with Crippen LogP contribution in [-0.4, -0.2) is 41.6 Å². The Morgan fingerprint density at radius 3 is 3.07 bits per heavy atom. The molecule has 2 heterocycles. The van der Waals surface area contributed by atoms with E-state index in [1.165, 1.54) is 0 Å². The van der Waals surface area contributed by atoms with Crippen molar-refractivity contribution in [2.24, 2.45) is 0 Å². The number of carboxylic acids is 1. The molecular weight excluding hydrogens is 202 g/mol. The van der Waals surface area contributed by atoms with Gasteiger partial charge >= 0.3 is 5.97 Å². The number of piperazine rings is 1. The van der Waals surface area contributed by atoms with Crippen molar-refractivity contribution in [3.8, 4) is 0 Å². The molecule has 15 heavy (non-hydrogen) atoms. The molecule has 2 N–H and O–H groups in total. The Morgan fingerprint density at radius 2 is 2.47 bits per heavy atom. The van der Waals surface area contributed by atoms with Crippen molar-refractivity contribution in [1.82, 2.24) is 10.3 Å². The minimum absolute atomic E-state index is 0.128. The van der Waals surface area contributed by atoms with Gasteiger partial charge in [-0.3, -0.25) is 4.79 Å². The number of rotatable bonds is 2. The number of aromatic nitrogens is 1. The highest BCUT2D eigenvalue weighted by atomic mass is 16.4. The van der Waals surface area contributed by atoms with Gasteiger partial charge in [0.2, 0.25) is 5.91 Å². The molecule has 0 atom stereocenters. The maximum atomic E-state index is 11.0. The van der Waals surface area contributed by atoms with E-state index in [1.807, 2.05) is 0 Å². The second-order valence-corrected chi connectivity index (χ2v) is 3.09. The Labute approximate surface area is 84.7 Å². The molecule has 0 unspecified atom stereocenters. The average Bonchev–Trinajstić information content (AvgIpc) is 2.66. The van der Waals surface area contributed by atoms with Gasteiger partial charge < -0.3 is 19.7 Å². The summed E-state index contributed by atoms with van der Waals surface area (Å²) in [5, 5.41) is 11.3. The highest BCUT2D eigenvalue weighted by molar-refractivity contribution is 5.85. The van der Waals surface area contributed by atoms with Crippen LogP contribution in [-0.2, 0) is 4.79 Å². The topological polar surface area (TPSA) is 95.7 Å². The van der Waals surface area contributed by atoms with Crippen molar-refractivity contribution >= 4 is 17.9 Å². The van der Waals surface area contributed by atoms with Crippen LogP contribution in [0.1, 0.15) is 10.5 Å². The van der Waals surface area contributed by atoms with E-state index in [1.54, 1.807) is 4.90 Å². The Kier molecular flexibility index (Phi) is 2.28. The molecule has 1 aliphatic heterocycles. The predicted octanol–water partition coefficient (Wildman–Crippen LogP) is -0.691. The smallest absolute Gasteiger partial charge is 0.357 e. The summed E-state index contributed by atoms with van der Waals surface area (Å²) in [5.41, 5.74) is -0.156. The monoisotopic (exact) mass is 211 g/mol. The molecular formula is C8H9N3O4. The first-order valence-corrected chi connectivity index (χ1v) is 4.37. The number of nitrogens with one attached hydrogen (secondary N) is 1. The summed E-state index contributed by atoms with van der Waals surface area (Å²) in [6.45, 7) is 1.20. The molecule has 0 bridgehead atoms. The maximum absolute atomic E-state index is 11.0. The van der Waals surface area contributed by atoms with Gasteiger partial charge in [0.1, 0.15) is 12.8 Å². The number of aromatic carboxylic acids is 1. The molecule has 0 radical (unpaired) electrons. The number of carbonyl (C=O) groups excluding carboxylic acids is 1. The Morgan fingerprint density at radius 1 is 1.67 bits per heavy atom. The molecule has 1 amide bonds. The normalized spacial score (nSPS) is 16.3. The van der Waals surface area contributed by atoms with Gasteiger partial charge in [-0.15, -0.1) is 0 Å². The lowest BCUT2D eigenvalue weighted by molar-refractivity contribution is -0.120. The van der Waals surface area contributed by atoms with Gasteiger partial charge in [0.05, 0.1) is 0 Å². The van der Waals surface area contributed by atoms with Gasteiger partial charge in [-0.1, -0.05) is 0 Å². The van der Waals surface area contributed by atoms with Gasteiger partial charge in [-0.2, -0.15) is 4.98 Å². The molecule has 0 aromatic carbocycles. The number of carbonyl (C=O) groups is 2. The van der Waals surface area contributed by atoms with Crippen LogP contribution in [0.4, 0.5) is 6.01 Å². The van der Waals surface area contributed by atoms with Crippen LogP contribution >= 0.6 is 0 Å². The number of hydrogen-bond acceptors (Lipinski definition) is 5. The van der Waals surface area contributed by atoms with Crippen LogP contribution in [0.3, 0.4) is 0 Å². The summed E-state index contributed by atoms with van der Waals surface area (Å²) in [5.74, 6) is -1.28. The van der Waals surface area contributed by atoms with Gasteiger partial charge in [0, 0.05) is 13.1 Å². The summed E-state index contributed by atoms with van der Waals surface area (Å²) < 4.78 is 4.97. The predicted molar refractivity (Wildman–Crippen MR) is 48.7 cm³/mol. The maximum Gasteiger partial charge on any atom is 0.357 e. The molecule has 1 aliphatic rings. The molecule has 1 aromatic heterocycles. The second kappa shape index (κ2) is 3.60. The van der Waals surface area contributed by atoms with Gasteiger partial charge in [-0.05, 0) is 0 Å². The summed E-state index contributed by atoms with van der Waals surface area (Å²) >= 11 is 0. The summed E-state index contributed by atoms with van der Waals surface area (Å²) in [4.78, 5) is 26.9. The molecule has 2 rings (SSSR count). The van der Waals surface area contributed by atoms with E-state index in [2.05, 4.69) is 10.3 Å². The number of hydrogen-bond donors (Lipinski definition) is 2. The van der Waals surface area contributed by atoms with Crippen LogP contribution in [0.25, 0.3) is 0 Å². The van der Waals surface area contributed by atoms with Crippen LogP contribution in [0.15, 0.2) is 10.7 Å². The highest BCUT2D eigenvalue weighted by Crippen LogP contribution is 2.14. The van der Waals surface area contributed by atoms with E-state index in [9.17, 15) is 9.59 Å². The molecule has 0 saturated carbocycles. The minimum atomic E-state index is -1.15. The minimum Gasteiger partial charge on any atom is -0.476 e. The zero-order chi connectivity index (χ0) is 10.8. The van der Waals surface area contributed by atoms with E-state index in [0.29, 0.717) is 13.1 Å². The van der Waals surface area contributed by atoms with Crippen LogP contribution < -0.4 is 10.2 Å². The third-order valence-electron chi connectivity index (χ3n) is 2.02. The van der Waals surface area contributed by atoms with E-state index in [-0.39, 0.29) is 24.2 Å². The second-order valence-electron chi connectivity index (χ2n) is 3.09. The van der Waals surface area contributed by atoms with E-state index >= 15 is 0 Å². The van der Waals surface area contributed by atoms with Crippen molar-refractivity contribution in [3.63, 3.8) is 0 Å². The van der Waals surface area contributed by atoms with Crippen molar-refractivity contribution in [2.45, 2.75) is 0 Å². The zero-order valence-electron chi connectivity index (χ0n) is 7.77. The largest absolute Gasteiger partial charge is 0.476 e. The van der Waals surface area contributed by atoms with E-state index in [4.69, 9.17) is 9.52 Å². The Balaban J connectivity index is 2.14. The quantitative estimate of drug-likeness (QED) is 0.672. The molecule has 7 nitrogen and oxygen atoms in total. The number of oxazole rings is 1. The first kappa shape index (κ1) is 9.50. The first-order chi connectivity index (χ1) is 7.16. The number of carboxylic acid groups (broad SMARTS) is 1. The van der Waals surface area contributed by atoms with Crippen LogP contribution in [0.5, 0.6) is 0 Å². The summed E-state index contributed by atoms with van der Waals surface area (Å²) in [7, 11) is 0. The lowest BCUT2D eigenvalue weighted by atomic mass is 10.4. The molecule has 0 aliphatic carbocycles. The molecule has 80 valence electrons. The Bertz CT molecular complexity index is 400. The van der Waals surface area contributed by atoms with Gasteiger partial charge in [0.15, 0.2) is 5.69 Å². The van der Waals surface area contributed by atoms with Crippen molar-refractivity contribution in [1.29, 1.82) is 0 Å². The molecule has 1 fully saturated rings. The summed E-state index contributed by atoms with van der Waals surface area (Å²) in [6, 6.07) is 0.169. The first-order valence-electron chi connectivity index (χ1n) is 4.37. The fraction of sp³-hybridized carbons (Fsp3) is 0.375. The van der Waals surface area contributed by atoms with Gasteiger partial charge in [0.25, 0.3) is 6.01 Å². The summed E-state index contributed by atoms with van der Waals surface area (Å²) in [6.07, 6.45) is 1.06. The number of amides is 1. The SMILES string of the molecule is O=C1CN(c2nc(C(=O)O)co2)CCN1. The number of nitrogens with zero attached hydrogens (tertiary/aromatic N) is 2. The third kappa shape index (κ3) is 1.90. The highest BCUT2D eigenvalue weighted by Gasteiger charge is 2.21. The third-order valence-corrected chi connectivity index (χ3v) is 2.02. The van der Waals surface area contributed by atoms with Crippen LogP contribution in [0, 0.1) is 0 Å². The van der Waals surface area contributed by atoms with Crippen molar-refractivity contribution in [3.05, 3.63) is 12.0 Å². The van der Waals surface area contributed by atoms with E-state index < -0.39 is 5.97 Å². The fourth-order valence-corrected chi connectivity index (χ4v) is 1.31. The lowest BCUT2D eigenvalue weighted by Crippen LogP contribution is -2.47.